The predicted molar refractivity (Wildman–Crippen MR) is 95.4 cm³/mol. The first-order valence-electron chi connectivity index (χ1n) is 7.83. The molecule has 0 fully saturated rings. The van der Waals surface area contributed by atoms with Crippen LogP contribution in [0.4, 0.5) is 5.69 Å². The van der Waals surface area contributed by atoms with Crippen molar-refractivity contribution in [1.29, 1.82) is 0 Å². The number of hydrogen-bond acceptors (Lipinski definition) is 4. The Kier molecular flexibility index (Phi) is 4.47. The van der Waals surface area contributed by atoms with Gasteiger partial charge in [0.25, 0.3) is 5.91 Å². The van der Waals surface area contributed by atoms with Gasteiger partial charge in [-0.25, -0.2) is 4.68 Å². The molecule has 0 aliphatic heterocycles. The maximum Gasteiger partial charge on any atom is 0.280 e. The van der Waals surface area contributed by atoms with Crippen molar-refractivity contribution in [2.24, 2.45) is 0 Å². The van der Waals surface area contributed by atoms with Crippen molar-refractivity contribution in [3.8, 4) is 0 Å². The Morgan fingerprint density at radius 1 is 1.04 bits per heavy atom. The lowest BCUT2D eigenvalue weighted by molar-refractivity contribution is -0.129. The van der Waals surface area contributed by atoms with Gasteiger partial charge < -0.3 is 9.80 Å². The second-order valence-corrected chi connectivity index (χ2v) is 5.95. The first-order valence-corrected chi connectivity index (χ1v) is 7.83. The molecule has 0 aliphatic carbocycles. The van der Waals surface area contributed by atoms with Crippen molar-refractivity contribution >= 4 is 28.3 Å². The summed E-state index contributed by atoms with van der Waals surface area (Å²) < 4.78 is 1.37. The van der Waals surface area contributed by atoms with Gasteiger partial charge in [-0.1, -0.05) is 41.6 Å². The van der Waals surface area contributed by atoms with Crippen molar-refractivity contribution in [3.05, 3.63) is 54.4 Å². The van der Waals surface area contributed by atoms with E-state index in [0.29, 0.717) is 0 Å². The van der Waals surface area contributed by atoms with E-state index < -0.39 is 0 Å². The van der Waals surface area contributed by atoms with Crippen LogP contribution < -0.4 is 4.90 Å². The number of rotatable bonds is 4. The zero-order valence-electron chi connectivity index (χ0n) is 14.4. The Hall–Kier alpha value is -3.22. The summed E-state index contributed by atoms with van der Waals surface area (Å²) in [7, 11) is 5.04. The molecule has 0 spiro atoms. The molecule has 2 aromatic carbocycles. The number of aromatic nitrogens is 3. The largest absolute Gasteiger partial charge is 0.347 e. The van der Waals surface area contributed by atoms with E-state index in [1.54, 1.807) is 26.0 Å². The van der Waals surface area contributed by atoms with Gasteiger partial charge in [-0.05, 0) is 11.5 Å². The normalized spacial score (nSPS) is 10.7. The van der Waals surface area contributed by atoms with Gasteiger partial charge in [-0.2, -0.15) is 0 Å². The molecule has 3 rings (SSSR count). The van der Waals surface area contributed by atoms with Crippen molar-refractivity contribution in [2.75, 3.05) is 26.0 Å². The first-order chi connectivity index (χ1) is 12.0. The molecule has 0 saturated heterocycles. The number of fused-ring (bicyclic) bond motifs is 1. The van der Waals surface area contributed by atoms with Gasteiger partial charge in [0.05, 0.1) is 11.9 Å². The van der Waals surface area contributed by atoms with Crippen LogP contribution in [-0.4, -0.2) is 52.9 Å². The average molecular weight is 337 g/mol. The van der Waals surface area contributed by atoms with Crippen LogP contribution in [0.3, 0.4) is 0 Å². The topological polar surface area (TPSA) is 71.3 Å². The summed E-state index contributed by atoms with van der Waals surface area (Å²) in [5.74, 6) is -0.397. The third-order valence-corrected chi connectivity index (χ3v) is 3.99. The number of hydrogen-bond donors (Lipinski definition) is 0. The number of amides is 2. The summed E-state index contributed by atoms with van der Waals surface area (Å²) >= 11 is 0. The molecule has 7 heteroatoms. The number of nitrogens with zero attached hydrogens (tertiary/aromatic N) is 5. The van der Waals surface area contributed by atoms with E-state index in [1.807, 2.05) is 42.5 Å². The SMILES string of the molecule is CN(C)C(=O)Cn1cc(C(=O)N(C)c2cccc3ccccc23)nn1. The van der Waals surface area contributed by atoms with Crippen molar-refractivity contribution < 1.29 is 9.59 Å². The lowest BCUT2D eigenvalue weighted by atomic mass is 10.1. The fourth-order valence-corrected chi connectivity index (χ4v) is 2.54. The molecule has 128 valence electrons. The lowest BCUT2D eigenvalue weighted by Gasteiger charge is -2.18. The highest BCUT2D eigenvalue weighted by atomic mass is 16.2. The minimum Gasteiger partial charge on any atom is -0.347 e. The van der Waals surface area contributed by atoms with Gasteiger partial charge in [0, 0.05) is 26.5 Å². The van der Waals surface area contributed by atoms with Crippen LogP contribution in [0.25, 0.3) is 10.8 Å². The predicted octanol–water partition coefficient (Wildman–Crippen LogP) is 1.80. The minimum absolute atomic E-state index is 0.0469. The van der Waals surface area contributed by atoms with Crippen LogP contribution >= 0.6 is 0 Å². The molecule has 3 aromatic rings. The van der Waals surface area contributed by atoms with Crippen LogP contribution in [0, 0.1) is 0 Å². The van der Waals surface area contributed by atoms with E-state index in [9.17, 15) is 9.59 Å². The summed E-state index contributed by atoms with van der Waals surface area (Å²) in [5.41, 5.74) is 0.990. The Bertz CT molecular complexity index is 927. The van der Waals surface area contributed by atoms with Gasteiger partial charge in [-0.3, -0.25) is 9.59 Å². The molecule has 0 bridgehead atoms. The van der Waals surface area contributed by atoms with Crippen LogP contribution in [0.5, 0.6) is 0 Å². The maximum absolute atomic E-state index is 12.7. The smallest absolute Gasteiger partial charge is 0.280 e. The van der Waals surface area contributed by atoms with E-state index in [1.165, 1.54) is 15.8 Å². The summed E-state index contributed by atoms with van der Waals surface area (Å²) in [6, 6.07) is 13.7. The molecule has 0 saturated carbocycles. The van der Waals surface area contributed by atoms with Gasteiger partial charge >= 0.3 is 0 Å². The number of carbonyl (C=O) groups is 2. The fourth-order valence-electron chi connectivity index (χ4n) is 2.54. The summed E-state index contributed by atoms with van der Waals surface area (Å²) in [4.78, 5) is 27.5. The third-order valence-electron chi connectivity index (χ3n) is 3.99. The lowest BCUT2D eigenvalue weighted by Crippen LogP contribution is -2.27. The molecule has 0 atom stereocenters. The quantitative estimate of drug-likeness (QED) is 0.728. The molecule has 0 N–H and O–H groups in total. The second kappa shape index (κ2) is 6.72. The molecule has 1 aromatic heterocycles. The zero-order valence-corrected chi connectivity index (χ0v) is 14.4. The van der Waals surface area contributed by atoms with Crippen molar-refractivity contribution in [2.45, 2.75) is 6.54 Å². The average Bonchev–Trinajstić information content (AvgIpc) is 3.08. The number of carbonyl (C=O) groups excluding carboxylic acids is 2. The van der Waals surface area contributed by atoms with Gasteiger partial charge in [0.2, 0.25) is 5.91 Å². The Morgan fingerprint density at radius 3 is 2.52 bits per heavy atom. The van der Waals surface area contributed by atoms with Crippen molar-refractivity contribution in [3.63, 3.8) is 0 Å². The summed E-state index contributed by atoms with van der Waals surface area (Å²) in [6.45, 7) is 0.0469. The summed E-state index contributed by atoms with van der Waals surface area (Å²) in [6.07, 6.45) is 1.49. The molecular formula is C18H19N5O2. The highest BCUT2D eigenvalue weighted by Gasteiger charge is 2.19. The number of benzene rings is 2. The molecule has 7 nitrogen and oxygen atoms in total. The number of anilines is 1. The highest BCUT2D eigenvalue weighted by molar-refractivity contribution is 6.09. The van der Waals surface area contributed by atoms with E-state index in [0.717, 1.165) is 16.5 Å². The van der Waals surface area contributed by atoms with E-state index in [4.69, 9.17) is 0 Å². The fraction of sp³-hybridized carbons (Fsp3) is 0.222. The Morgan fingerprint density at radius 2 is 1.76 bits per heavy atom. The molecule has 0 unspecified atom stereocenters. The van der Waals surface area contributed by atoms with E-state index in [2.05, 4.69) is 10.3 Å². The molecule has 0 radical (unpaired) electrons. The molecule has 1 heterocycles. The van der Waals surface area contributed by atoms with Gasteiger partial charge in [0.1, 0.15) is 6.54 Å². The molecular weight excluding hydrogens is 318 g/mol. The van der Waals surface area contributed by atoms with Crippen LogP contribution in [0.15, 0.2) is 48.7 Å². The molecule has 0 aliphatic rings. The maximum atomic E-state index is 12.7. The highest BCUT2D eigenvalue weighted by Crippen LogP contribution is 2.26. The van der Waals surface area contributed by atoms with E-state index >= 15 is 0 Å². The minimum atomic E-state index is -0.278. The third kappa shape index (κ3) is 3.35. The number of likely N-dealkylation sites (N-methyl/N-ethyl adjacent to an activating group) is 1. The van der Waals surface area contributed by atoms with Gasteiger partial charge in [0.15, 0.2) is 5.69 Å². The monoisotopic (exact) mass is 337 g/mol. The summed E-state index contributed by atoms with van der Waals surface area (Å²) in [5, 5.41) is 9.81. The zero-order chi connectivity index (χ0) is 18.0. The van der Waals surface area contributed by atoms with Crippen molar-refractivity contribution in [1.82, 2.24) is 19.9 Å². The second-order valence-electron chi connectivity index (χ2n) is 5.95. The van der Waals surface area contributed by atoms with Crippen LogP contribution in [-0.2, 0) is 11.3 Å². The first kappa shape index (κ1) is 16.6. The van der Waals surface area contributed by atoms with Crippen LogP contribution in [0.2, 0.25) is 0 Å². The molecule has 25 heavy (non-hydrogen) atoms. The Balaban J connectivity index is 1.85. The van der Waals surface area contributed by atoms with Crippen LogP contribution in [0.1, 0.15) is 10.5 Å². The molecule has 2 amide bonds. The standard InChI is InChI=1S/C18H19N5O2/c1-21(2)17(24)12-23-11-15(19-20-23)18(25)22(3)16-10-6-8-13-7-4-5-9-14(13)16/h4-11H,12H2,1-3H3. The van der Waals surface area contributed by atoms with Gasteiger partial charge in [-0.15, -0.1) is 5.10 Å². The van der Waals surface area contributed by atoms with E-state index in [-0.39, 0.29) is 24.1 Å². The Labute approximate surface area is 145 Å².